The van der Waals surface area contributed by atoms with Crippen molar-refractivity contribution >= 4 is 31.9 Å². The third-order valence-corrected chi connectivity index (χ3v) is 5.24. The summed E-state index contributed by atoms with van der Waals surface area (Å²) >= 11 is 7.12. The predicted molar refractivity (Wildman–Crippen MR) is 91.3 cm³/mol. The van der Waals surface area contributed by atoms with Crippen LogP contribution in [0.5, 0.6) is 5.75 Å². The summed E-state index contributed by atoms with van der Waals surface area (Å²) in [5, 5.41) is 3.70. The molecule has 20 heavy (non-hydrogen) atoms. The molecule has 112 valence electrons. The summed E-state index contributed by atoms with van der Waals surface area (Å²) in [7, 11) is 1.69. The van der Waals surface area contributed by atoms with Crippen molar-refractivity contribution in [3.63, 3.8) is 0 Å². The average Bonchev–Trinajstić information content (AvgIpc) is 2.35. The Morgan fingerprint density at radius 1 is 1.30 bits per heavy atom. The van der Waals surface area contributed by atoms with Crippen LogP contribution in [0.3, 0.4) is 0 Å². The molecule has 0 radical (unpaired) electrons. The number of hydrogen-bond donors (Lipinski definition) is 1. The highest BCUT2D eigenvalue weighted by molar-refractivity contribution is 9.11. The summed E-state index contributed by atoms with van der Waals surface area (Å²) in [6, 6.07) is 4.90. The van der Waals surface area contributed by atoms with E-state index in [1.54, 1.807) is 7.11 Å². The van der Waals surface area contributed by atoms with E-state index < -0.39 is 0 Å². The Kier molecular flexibility index (Phi) is 5.55. The Bertz CT molecular complexity index is 451. The molecule has 1 saturated carbocycles. The van der Waals surface area contributed by atoms with E-state index in [0.717, 1.165) is 21.2 Å². The highest BCUT2D eigenvalue weighted by atomic mass is 79.9. The van der Waals surface area contributed by atoms with Crippen LogP contribution in [-0.4, -0.2) is 13.2 Å². The number of rotatable bonds is 4. The molecule has 1 aliphatic rings. The molecule has 1 aromatic carbocycles. The quantitative estimate of drug-likeness (QED) is 0.736. The van der Waals surface area contributed by atoms with Crippen molar-refractivity contribution in [2.24, 2.45) is 5.41 Å². The van der Waals surface area contributed by atoms with Gasteiger partial charge in [-0.2, -0.15) is 0 Å². The minimum Gasteiger partial charge on any atom is -0.494 e. The molecular weight excluding hydrogens is 382 g/mol. The van der Waals surface area contributed by atoms with E-state index >= 15 is 0 Å². The standard InChI is InChI=1S/C16H23Br2NO/c1-16(2)6-4-5-12(9-16)19-10-11-7-13(17)15(20-3)14(18)8-11/h7-8,12,19H,4-6,9-10H2,1-3H3. The van der Waals surface area contributed by atoms with E-state index in [-0.39, 0.29) is 0 Å². The summed E-state index contributed by atoms with van der Waals surface area (Å²) < 4.78 is 7.33. The zero-order valence-electron chi connectivity index (χ0n) is 12.4. The fourth-order valence-electron chi connectivity index (χ4n) is 3.04. The molecule has 2 rings (SSSR count). The SMILES string of the molecule is COc1c(Br)cc(CNC2CCCC(C)(C)C2)cc1Br. The van der Waals surface area contributed by atoms with Crippen LogP contribution in [0.25, 0.3) is 0 Å². The minimum absolute atomic E-state index is 0.483. The van der Waals surface area contributed by atoms with Crippen LogP contribution >= 0.6 is 31.9 Å². The normalized spacial score (nSPS) is 21.8. The zero-order valence-corrected chi connectivity index (χ0v) is 15.6. The molecule has 1 unspecified atom stereocenters. The van der Waals surface area contributed by atoms with Gasteiger partial charge in [-0.05, 0) is 74.2 Å². The predicted octanol–water partition coefficient (Wildman–Crippen LogP) is 5.28. The molecule has 1 atom stereocenters. The molecule has 2 nitrogen and oxygen atoms in total. The number of benzene rings is 1. The van der Waals surface area contributed by atoms with Gasteiger partial charge in [-0.15, -0.1) is 0 Å². The molecule has 0 heterocycles. The first-order chi connectivity index (χ1) is 9.41. The number of nitrogens with one attached hydrogen (secondary N) is 1. The first kappa shape index (κ1) is 16.3. The van der Waals surface area contributed by atoms with Gasteiger partial charge in [0.2, 0.25) is 0 Å². The second-order valence-corrected chi connectivity index (χ2v) is 8.14. The summed E-state index contributed by atoms with van der Waals surface area (Å²) in [5.41, 5.74) is 1.75. The first-order valence-corrected chi connectivity index (χ1v) is 8.75. The molecule has 1 fully saturated rings. The molecule has 0 aliphatic heterocycles. The second-order valence-electron chi connectivity index (χ2n) is 6.43. The molecule has 0 aromatic heterocycles. The Morgan fingerprint density at radius 2 is 1.95 bits per heavy atom. The van der Waals surface area contributed by atoms with E-state index in [0.29, 0.717) is 11.5 Å². The van der Waals surface area contributed by atoms with Crippen LogP contribution in [0.1, 0.15) is 45.1 Å². The van der Waals surface area contributed by atoms with Crippen LogP contribution in [0, 0.1) is 5.41 Å². The van der Waals surface area contributed by atoms with Crippen molar-refractivity contribution in [1.82, 2.24) is 5.32 Å². The first-order valence-electron chi connectivity index (χ1n) is 7.16. The van der Waals surface area contributed by atoms with E-state index in [4.69, 9.17) is 4.74 Å². The number of ether oxygens (including phenoxy) is 1. The highest BCUT2D eigenvalue weighted by Gasteiger charge is 2.27. The van der Waals surface area contributed by atoms with Gasteiger partial charge in [0, 0.05) is 12.6 Å². The summed E-state index contributed by atoms with van der Waals surface area (Å²) in [4.78, 5) is 0. The molecule has 1 aliphatic carbocycles. The minimum atomic E-state index is 0.483. The molecular formula is C16H23Br2NO. The van der Waals surface area contributed by atoms with E-state index in [1.165, 1.54) is 31.2 Å². The fourth-order valence-corrected chi connectivity index (χ4v) is 4.65. The molecule has 1 N–H and O–H groups in total. The Balaban J connectivity index is 1.97. The highest BCUT2D eigenvalue weighted by Crippen LogP contribution is 2.36. The lowest BCUT2D eigenvalue weighted by atomic mass is 9.75. The van der Waals surface area contributed by atoms with Gasteiger partial charge >= 0.3 is 0 Å². The van der Waals surface area contributed by atoms with Crippen LogP contribution < -0.4 is 10.1 Å². The molecule has 4 heteroatoms. The van der Waals surface area contributed by atoms with E-state index in [9.17, 15) is 0 Å². The topological polar surface area (TPSA) is 21.3 Å². The summed E-state index contributed by atoms with van der Waals surface area (Å²) in [6.45, 7) is 5.66. The van der Waals surface area contributed by atoms with Crippen molar-refractivity contribution in [3.8, 4) is 5.75 Å². The molecule has 0 spiro atoms. The Labute approximate surface area is 138 Å². The van der Waals surface area contributed by atoms with Crippen molar-refractivity contribution < 1.29 is 4.74 Å². The fraction of sp³-hybridized carbons (Fsp3) is 0.625. The lowest BCUT2D eigenvalue weighted by Crippen LogP contribution is -2.36. The van der Waals surface area contributed by atoms with Crippen molar-refractivity contribution in [1.29, 1.82) is 0 Å². The maximum Gasteiger partial charge on any atom is 0.147 e. The van der Waals surface area contributed by atoms with Gasteiger partial charge in [-0.1, -0.05) is 20.3 Å². The van der Waals surface area contributed by atoms with Crippen molar-refractivity contribution in [2.45, 2.75) is 52.1 Å². The number of halogens is 2. The largest absolute Gasteiger partial charge is 0.494 e. The molecule has 1 aromatic rings. The van der Waals surface area contributed by atoms with Gasteiger partial charge in [0.15, 0.2) is 0 Å². The molecule has 0 bridgehead atoms. The third-order valence-electron chi connectivity index (χ3n) is 4.06. The second kappa shape index (κ2) is 6.80. The maximum atomic E-state index is 5.34. The van der Waals surface area contributed by atoms with Gasteiger partial charge in [0.25, 0.3) is 0 Å². The maximum absolute atomic E-state index is 5.34. The number of hydrogen-bond acceptors (Lipinski definition) is 2. The van der Waals surface area contributed by atoms with Crippen molar-refractivity contribution in [3.05, 3.63) is 26.6 Å². The van der Waals surface area contributed by atoms with E-state index in [2.05, 4.69) is 63.2 Å². The van der Waals surface area contributed by atoms with Gasteiger partial charge in [-0.25, -0.2) is 0 Å². The average molecular weight is 405 g/mol. The smallest absolute Gasteiger partial charge is 0.147 e. The van der Waals surface area contributed by atoms with Crippen LogP contribution in [0.4, 0.5) is 0 Å². The number of methoxy groups -OCH3 is 1. The monoisotopic (exact) mass is 403 g/mol. The van der Waals surface area contributed by atoms with Crippen LogP contribution in [-0.2, 0) is 6.54 Å². The van der Waals surface area contributed by atoms with Gasteiger partial charge in [0.05, 0.1) is 16.1 Å². The zero-order chi connectivity index (χ0) is 14.8. The van der Waals surface area contributed by atoms with Gasteiger partial charge in [0.1, 0.15) is 5.75 Å². The molecule has 0 saturated heterocycles. The lowest BCUT2D eigenvalue weighted by molar-refractivity contribution is 0.198. The Morgan fingerprint density at radius 3 is 2.50 bits per heavy atom. The van der Waals surface area contributed by atoms with Crippen LogP contribution in [0.2, 0.25) is 0 Å². The van der Waals surface area contributed by atoms with Crippen LogP contribution in [0.15, 0.2) is 21.1 Å². The van der Waals surface area contributed by atoms with Gasteiger partial charge < -0.3 is 10.1 Å². The van der Waals surface area contributed by atoms with E-state index in [1.807, 2.05) is 0 Å². The molecule has 0 amide bonds. The van der Waals surface area contributed by atoms with Gasteiger partial charge in [-0.3, -0.25) is 0 Å². The lowest BCUT2D eigenvalue weighted by Gasteiger charge is -2.35. The Hall–Kier alpha value is -0.0600. The third kappa shape index (κ3) is 4.22. The van der Waals surface area contributed by atoms with Crippen molar-refractivity contribution in [2.75, 3.05) is 7.11 Å². The summed E-state index contributed by atoms with van der Waals surface area (Å²) in [6.07, 6.45) is 5.25. The summed E-state index contributed by atoms with van der Waals surface area (Å²) in [5.74, 6) is 0.854.